The van der Waals surface area contributed by atoms with Crippen LogP contribution in [-0.4, -0.2) is 37.3 Å². The summed E-state index contributed by atoms with van der Waals surface area (Å²) in [6, 6.07) is 5.48. The molecule has 106 valence electrons. The number of nitrogens with one attached hydrogen (secondary N) is 1. The van der Waals surface area contributed by atoms with Crippen LogP contribution in [0.25, 0.3) is 0 Å². The largest absolute Gasteiger partial charge is 0.383 e. The van der Waals surface area contributed by atoms with E-state index in [0.717, 1.165) is 25.4 Å². The molecule has 2 rings (SSSR count). The maximum absolute atomic E-state index is 5.21. The number of ether oxygens (including phenoxy) is 1. The van der Waals surface area contributed by atoms with Gasteiger partial charge in [-0.2, -0.15) is 0 Å². The van der Waals surface area contributed by atoms with Gasteiger partial charge in [0.25, 0.3) is 0 Å². The summed E-state index contributed by atoms with van der Waals surface area (Å²) in [5.74, 6) is 0. The molecule has 4 heteroatoms. The van der Waals surface area contributed by atoms with Crippen molar-refractivity contribution in [2.75, 3.05) is 25.2 Å². The van der Waals surface area contributed by atoms with Crippen LogP contribution in [0.15, 0.2) is 18.3 Å². The second-order valence-corrected chi connectivity index (χ2v) is 5.46. The summed E-state index contributed by atoms with van der Waals surface area (Å²) in [5.41, 5.74) is 2.38. The van der Waals surface area contributed by atoms with E-state index in [4.69, 9.17) is 4.74 Å². The fourth-order valence-electron chi connectivity index (χ4n) is 2.15. The number of hydrogen-bond donors (Lipinski definition) is 1. The predicted molar refractivity (Wildman–Crippen MR) is 78.5 cm³/mol. The van der Waals surface area contributed by atoms with Gasteiger partial charge in [-0.3, -0.25) is 4.98 Å². The lowest BCUT2D eigenvalue weighted by Crippen LogP contribution is -2.29. The van der Waals surface area contributed by atoms with E-state index in [1.54, 1.807) is 7.11 Å². The molecule has 1 aliphatic carbocycles. The summed E-state index contributed by atoms with van der Waals surface area (Å²) >= 11 is 0. The molecule has 1 fully saturated rings. The minimum Gasteiger partial charge on any atom is -0.383 e. The van der Waals surface area contributed by atoms with E-state index in [2.05, 4.69) is 41.2 Å². The molecule has 0 radical (unpaired) electrons. The average molecular weight is 263 g/mol. The van der Waals surface area contributed by atoms with Crippen LogP contribution in [0.3, 0.4) is 0 Å². The molecule has 1 aliphatic rings. The third kappa shape index (κ3) is 4.48. The Labute approximate surface area is 116 Å². The van der Waals surface area contributed by atoms with Gasteiger partial charge in [0.2, 0.25) is 0 Å². The minimum absolute atomic E-state index is 0.485. The average Bonchev–Trinajstić information content (AvgIpc) is 3.22. The van der Waals surface area contributed by atoms with Crippen molar-refractivity contribution in [3.63, 3.8) is 0 Å². The number of rotatable bonds is 8. The van der Waals surface area contributed by atoms with Crippen molar-refractivity contribution in [1.29, 1.82) is 0 Å². The van der Waals surface area contributed by atoms with Gasteiger partial charge in [-0.25, -0.2) is 0 Å². The summed E-state index contributed by atoms with van der Waals surface area (Å²) in [4.78, 5) is 6.88. The van der Waals surface area contributed by atoms with Crippen LogP contribution >= 0.6 is 0 Å². The van der Waals surface area contributed by atoms with Crippen molar-refractivity contribution in [1.82, 2.24) is 10.3 Å². The molecule has 0 bridgehead atoms. The number of hydrogen-bond acceptors (Lipinski definition) is 4. The third-order valence-electron chi connectivity index (χ3n) is 3.35. The number of methoxy groups -OCH3 is 1. The Balaban J connectivity index is 2.02. The van der Waals surface area contributed by atoms with Gasteiger partial charge < -0.3 is 15.0 Å². The van der Waals surface area contributed by atoms with Gasteiger partial charge in [0.05, 0.1) is 12.3 Å². The van der Waals surface area contributed by atoms with E-state index in [-0.39, 0.29) is 0 Å². The summed E-state index contributed by atoms with van der Waals surface area (Å²) < 4.78 is 5.21. The van der Waals surface area contributed by atoms with Crippen LogP contribution in [0.4, 0.5) is 5.69 Å². The lowest BCUT2D eigenvalue weighted by atomic mass is 10.2. The molecular formula is C15H25N3O. The van der Waals surface area contributed by atoms with Crippen LogP contribution in [0.5, 0.6) is 0 Å². The Morgan fingerprint density at radius 1 is 1.47 bits per heavy atom. The molecule has 0 aromatic carbocycles. The Morgan fingerprint density at radius 2 is 2.26 bits per heavy atom. The summed E-state index contributed by atoms with van der Waals surface area (Å²) in [6.07, 6.45) is 4.51. The van der Waals surface area contributed by atoms with E-state index >= 15 is 0 Å². The summed E-state index contributed by atoms with van der Waals surface area (Å²) in [5, 5.41) is 3.41. The number of nitrogens with zero attached hydrogens (tertiary/aromatic N) is 2. The lowest BCUT2D eigenvalue weighted by Gasteiger charge is -2.24. The summed E-state index contributed by atoms with van der Waals surface area (Å²) in [7, 11) is 1.76. The first-order valence-electron chi connectivity index (χ1n) is 7.14. The number of pyridine rings is 1. The molecule has 0 spiro atoms. The Morgan fingerprint density at radius 3 is 2.89 bits per heavy atom. The maximum Gasteiger partial charge on any atom is 0.0637 e. The second-order valence-electron chi connectivity index (χ2n) is 5.46. The van der Waals surface area contributed by atoms with E-state index in [1.165, 1.54) is 18.5 Å². The highest BCUT2D eigenvalue weighted by molar-refractivity contribution is 5.48. The highest BCUT2D eigenvalue weighted by atomic mass is 16.5. The molecule has 4 nitrogen and oxygen atoms in total. The molecule has 19 heavy (non-hydrogen) atoms. The van der Waals surface area contributed by atoms with E-state index < -0.39 is 0 Å². The van der Waals surface area contributed by atoms with E-state index in [1.807, 2.05) is 6.20 Å². The molecule has 1 heterocycles. The molecule has 1 saturated carbocycles. The number of anilines is 1. The molecule has 0 atom stereocenters. The SMILES string of the molecule is COCCN(c1ccnc(CNC(C)C)c1)C1CC1. The number of aromatic nitrogens is 1. The fraction of sp³-hybridized carbons (Fsp3) is 0.667. The highest BCUT2D eigenvalue weighted by Gasteiger charge is 2.29. The second kappa shape index (κ2) is 6.87. The first-order valence-corrected chi connectivity index (χ1v) is 7.14. The van der Waals surface area contributed by atoms with Crippen molar-refractivity contribution in [3.05, 3.63) is 24.0 Å². The van der Waals surface area contributed by atoms with Gasteiger partial charge in [0.1, 0.15) is 0 Å². The van der Waals surface area contributed by atoms with Crippen molar-refractivity contribution in [3.8, 4) is 0 Å². The Bertz CT molecular complexity index is 391. The minimum atomic E-state index is 0.485. The molecule has 0 unspecified atom stereocenters. The Hall–Kier alpha value is -1.13. The molecule has 0 saturated heterocycles. The fourth-order valence-corrected chi connectivity index (χ4v) is 2.15. The topological polar surface area (TPSA) is 37.4 Å². The van der Waals surface area contributed by atoms with Crippen LogP contribution in [0.2, 0.25) is 0 Å². The first-order chi connectivity index (χ1) is 9.20. The van der Waals surface area contributed by atoms with E-state index in [0.29, 0.717) is 12.1 Å². The molecule has 0 aliphatic heterocycles. The monoisotopic (exact) mass is 263 g/mol. The highest BCUT2D eigenvalue weighted by Crippen LogP contribution is 2.31. The quantitative estimate of drug-likeness (QED) is 0.780. The van der Waals surface area contributed by atoms with Crippen molar-refractivity contribution in [2.24, 2.45) is 0 Å². The van der Waals surface area contributed by atoms with Crippen LogP contribution in [-0.2, 0) is 11.3 Å². The zero-order valence-corrected chi connectivity index (χ0v) is 12.2. The van der Waals surface area contributed by atoms with Gasteiger partial charge in [-0.15, -0.1) is 0 Å². The van der Waals surface area contributed by atoms with Gasteiger partial charge in [-0.1, -0.05) is 13.8 Å². The van der Waals surface area contributed by atoms with Crippen LogP contribution in [0.1, 0.15) is 32.4 Å². The van der Waals surface area contributed by atoms with Crippen LogP contribution < -0.4 is 10.2 Å². The van der Waals surface area contributed by atoms with Crippen molar-refractivity contribution < 1.29 is 4.74 Å². The molecule has 1 aromatic heterocycles. The Kier molecular flexibility index (Phi) is 5.16. The normalized spacial score (nSPS) is 14.9. The molecular weight excluding hydrogens is 238 g/mol. The maximum atomic E-state index is 5.21. The van der Waals surface area contributed by atoms with Gasteiger partial charge in [0, 0.05) is 44.2 Å². The summed E-state index contributed by atoms with van der Waals surface area (Å²) in [6.45, 7) is 6.87. The van der Waals surface area contributed by atoms with Gasteiger partial charge >= 0.3 is 0 Å². The third-order valence-corrected chi connectivity index (χ3v) is 3.35. The molecule has 0 amide bonds. The zero-order chi connectivity index (χ0) is 13.7. The molecule has 1 aromatic rings. The zero-order valence-electron chi connectivity index (χ0n) is 12.2. The first kappa shape index (κ1) is 14.3. The van der Waals surface area contributed by atoms with Crippen molar-refractivity contribution in [2.45, 2.75) is 45.3 Å². The smallest absolute Gasteiger partial charge is 0.0637 e. The lowest BCUT2D eigenvalue weighted by molar-refractivity contribution is 0.205. The van der Waals surface area contributed by atoms with Gasteiger partial charge in [-0.05, 0) is 25.0 Å². The molecule has 1 N–H and O–H groups in total. The standard InChI is InChI=1S/C15H25N3O/c1-12(2)17-11-13-10-15(6-7-16-13)18(8-9-19-3)14-4-5-14/h6-7,10,12,14,17H,4-5,8-9,11H2,1-3H3. The van der Waals surface area contributed by atoms with Crippen molar-refractivity contribution >= 4 is 5.69 Å². The van der Waals surface area contributed by atoms with Crippen LogP contribution in [0, 0.1) is 0 Å². The van der Waals surface area contributed by atoms with Gasteiger partial charge in [0.15, 0.2) is 0 Å². The van der Waals surface area contributed by atoms with E-state index in [9.17, 15) is 0 Å². The predicted octanol–water partition coefficient (Wildman–Crippen LogP) is 2.19.